The SMILES string of the molecule is CC(C)C(NC(=O)OCc1ccccc1)C(=O)NC1CCCCCC1. The third-order valence-corrected chi connectivity index (χ3v) is 4.64. The quantitative estimate of drug-likeness (QED) is 0.770. The lowest BCUT2D eigenvalue weighted by atomic mass is 10.0. The Morgan fingerprint density at radius 1 is 1.08 bits per heavy atom. The van der Waals surface area contributed by atoms with E-state index in [9.17, 15) is 9.59 Å². The van der Waals surface area contributed by atoms with E-state index in [1.165, 1.54) is 12.8 Å². The van der Waals surface area contributed by atoms with Crippen molar-refractivity contribution < 1.29 is 14.3 Å². The summed E-state index contributed by atoms with van der Waals surface area (Å²) in [4.78, 5) is 24.7. The maximum Gasteiger partial charge on any atom is 0.408 e. The first-order valence-electron chi connectivity index (χ1n) is 9.34. The van der Waals surface area contributed by atoms with Crippen LogP contribution in [0, 0.1) is 5.92 Å². The summed E-state index contributed by atoms with van der Waals surface area (Å²) in [5.74, 6) is -0.117. The number of carbonyl (C=O) groups is 2. The summed E-state index contributed by atoms with van der Waals surface area (Å²) >= 11 is 0. The van der Waals surface area contributed by atoms with E-state index in [2.05, 4.69) is 10.6 Å². The number of rotatable bonds is 6. The number of hydrogen-bond acceptors (Lipinski definition) is 3. The first kappa shape index (κ1) is 19.3. The Kier molecular flexibility index (Phi) is 7.76. The summed E-state index contributed by atoms with van der Waals surface area (Å²) < 4.78 is 5.24. The molecule has 1 fully saturated rings. The molecule has 0 aliphatic heterocycles. The Balaban J connectivity index is 1.83. The van der Waals surface area contributed by atoms with E-state index in [4.69, 9.17) is 4.74 Å². The Labute approximate surface area is 150 Å². The second kappa shape index (κ2) is 10.1. The molecule has 1 aromatic rings. The van der Waals surface area contributed by atoms with Crippen LogP contribution in [-0.2, 0) is 16.1 Å². The van der Waals surface area contributed by atoms with Gasteiger partial charge < -0.3 is 15.4 Å². The van der Waals surface area contributed by atoms with Crippen molar-refractivity contribution in [3.05, 3.63) is 35.9 Å². The second-order valence-corrected chi connectivity index (χ2v) is 7.12. The number of hydrogen-bond donors (Lipinski definition) is 2. The van der Waals surface area contributed by atoms with Crippen LogP contribution in [0.1, 0.15) is 57.9 Å². The summed E-state index contributed by atoms with van der Waals surface area (Å²) in [6.45, 7) is 4.05. The van der Waals surface area contributed by atoms with E-state index in [1.807, 2.05) is 44.2 Å². The van der Waals surface area contributed by atoms with Crippen LogP contribution in [-0.4, -0.2) is 24.1 Å². The van der Waals surface area contributed by atoms with Gasteiger partial charge in [-0.1, -0.05) is 69.9 Å². The van der Waals surface area contributed by atoms with Gasteiger partial charge in [0.2, 0.25) is 5.91 Å². The van der Waals surface area contributed by atoms with Crippen LogP contribution >= 0.6 is 0 Å². The van der Waals surface area contributed by atoms with Crippen molar-refractivity contribution in [1.29, 1.82) is 0 Å². The molecule has 1 saturated carbocycles. The van der Waals surface area contributed by atoms with Gasteiger partial charge in [0.25, 0.3) is 0 Å². The number of carbonyl (C=O) groups excluding carboxylic acids is 2. The average Bonchev–Trinajstić information content (AvgIpc) is 2.87. The van der Waals surface area contributed by atoms with Crippen LogP contribution in [0.3, 0.4) is 0 Å². The third kappa shape index (κ3) is 6.77. The zero-order valence-corrected chi connectivity index (χ0v) is 15.3. The highest BCUT2D eigenvalue weighted by atomic mass is 16.5. The van der Waals surface area contributed by atoms with E-state index < -0.39 is 12.1 Å². The van der Waals surface area contributed by atoms with Crippen molar-refractivity contribution in [2.45, 2.75) is 71.1 Å². The van der Waals surface area contributed by atoms with Gasteiger partial charge in [-0.3, -0.25) is 4.79 Å². The van der Waals surface area contributed by atoms with Crippen LogP contribution in [0.25, 0.3) is 0 Å². The smallest absolute Gasteiger partial charge is 0.408 e. The Bertz CT molecular complexity index is 537. The molecule has 1 aliphatic rings. The zero-order chi connectivity index (χ0) is 18.1. The van der Waals surface area contributed by atoms with Crippen LogP contribution in [0.15, 0.2) is 30.3 Å². The number of benzene rings is 1. The number of alkyl carbamates (subject to hydrolysis) is 1. The van der Waals surface area contributed by atoms with Crippen LogP contribution < -0.4 is 10.6 Å². The lowest BCUT2D eigenvalue weighted by Gasteiger charge is -2.24. The summed E-state index contributed by atoms with van der Waals surface area (Å²) in [7, 11) is 0. The van der Waals surface area contributed by atoms with E-state index >= 15 is 0 Å². The van der Waals surface area contributed by atoms with E-state index in [1.54, 1.807) is 0 Å². The molecule has 5 heteroatoms. The minimum atomic E-state index is -0.577. The molecule has 0 heterocycles. The van der Waals surface area contributed by atoms with Crippen molar-refractivity contribution in [1.82, 2.24) is 10.6 Å². The van der Waals surface area contributed by atoms with Gasteiger partial charge in [0.15, 0.2) is 0 Å². The molecule has 2 rings (SSSR count). The fourth-order valence-corrected chi connectivity index (χ4v) is 3.14. The molecule has 138 valence electrons. The molecule has 25 heavy (non-hydrogen) atoms. The topological polar surface area (TPSA) is 67.4 Å². The highest BCUT2D eigenvalue weighted by Crippen LogP contribution is 2.17. The monoisotopic (exact) mass is 346 g/mol. The van der Waals surface area contributed by atoms with Crippen LogP contribution in [0.5, 0.6) is 0 Å². The Morgan fingerprint density at radius 2 is 1.72 bits per heavy atom. The molecule has 0 radical (unpaired) electrons. The van der Waals surface area contributed by atoms with Crippen molar-refractivity contribution in [3.63, 3.8) is 0 Å². The molecule has 1 unspecified atom stereocenters. The molecule has 0 aromatic heterocycles. The highest BCUT2D eigenvalue weighted by Gasteiger charge is 2.27. The normalized spacial score (nSPS) is 16.8. The van der Waals surface area contributed by atoms with Crippen molar-refractivity contribution in [3.8, 4) is 0 Å². The molecular formula is C20H30N2O3. The van der Waals surface area contributed by atoms with E-state index in [-0.39, 0.29) is 24.5 Å². The van der Waals surface area contributed by atoms with Crippen LogP contribution in [0.2, 0.25) is 0 Å². The van der Waals surface area contributed by atoms with Gasteiger partial charge in [-0.15, -0.1) is 0 Å². The summed E-state index contributed by atoms with van der Waals surface area (Å²) in [6.07, 6.45) is 6.28. The van der Waals surface area contributed by atoms with E-state index in [0.717, 1.165) is 31.2 Å². The third-order valence-electron chi connectivity index (χ3n) is 4.64. The largest absolute Gasteiger partial charge is 0.445 e. The second-order valence-electron chi connectivity index (χ2n) is 7.12. The fraction of sp³-hybridized carbons (Fsp3) is 0.600. The minimum absolute atomic E-state index is 0.00458. The molecule has 1 atom stereocenters. The number of amides is 2. The van der Waals surface area contributed by atoms with Crippen molar-refractivity contribution in [2.75, 3.05) is 0 Å². The maximum atomic E-state index is 12.6. The Morgan fingerprint density at radius 3 is 2.32 bits per heavy atom. The van der Waals surface area contributed by atoms with Crippen LogP contribution in [0.4, 0.5) is 4.79 Å². The first-order chi connectivity index (χ1) is 12.1. The summed E-state index contributed by atoms with van der Waals surface area (Å²) in [5.41, 5.74) is 0.918. The predicted octanol–water partition coefficient (Wildman–Crippen LogP) is 3.78. The zero-order valence-electron chi connectivity index (χ0n) is 15.3. The molecule has 5 nitrogen and oxygen atoms in total. The highest BCUT2D eigenvalue weighted by molar-refractivity contribution is 5.86. The standard InChI is InChI=1S/C20H30N2O3/c1-15(2)18(19(23)21-17-12-8-3-4-9-13-17)22-20(24)25-14-16-10-6-5-7-11-16/h5-7,10-11,15,17-18H,3-4,8-9,12-14H2,1-2H3,(H,21,23)(H,22,24). The van der Waals surface area contributed by atoms with Gasteiger partial charge in [-0.05, 0) is 24.3 Å². The van der Waals surface area contributed by atoms with E-state index in [0.29, 0.717) is 0 Å². The number of ether oxygens (including phenoxy) is 1. The summed E-state index contributed by atoms with van der Waals surface area (Å²) in [5, 5.41) is 5.83. The summed E-state index contributed by atoms with van der Waals surface area (Å²) in [6, 6.07) is 9.14. The molecule has 0 spiro atoms. The van der Waals surface area contributed by atoms with Gasteiger partial charge in [0, 0.05) is 6.04 Å². The fourth-order valence-electron chi connectivity index (χ4n) is 3.14. The molecule has 0 saturated heterocycles. The number of nitrogens with one attached hydrogen (secondary N) is 2. The molecule has 1 aliphatic carbocycles. The maximum absolute atomic E-state index is 12.6. The molecule has 1 aromatic carbocycles. The minimum Gasteiger partial charge on any atom is -0.445 e. The Hall–Kier alpha value is -2.04. The average molecular weight is 346 g/mol. The van der Waals surface area contributed by atoms with Crippen molar-refractivity contribution >= 4 is 12.0 Å². The lowest BCUT2D eigenvalue weighted by Crippen LogP contribution is -2.52. The first-order valence-corrected chi connectivity index (χ1v) is 9.34. The van der Waals surface area contributed by atoms with Gasteiger partial charge >= 0.3 is 6.09 Å². The van der Waals surface area contributed by atoms with Gasteiger partial charge in [0.05, 0.1) is 0 Å². The lowest BCUT2D eigenvalue weighted by molar-refractivity contribution is -0.124. The molecule has 0 bridgehead atoms. The van der Waals surface area contributed by atoms with Crippen molar-refractivity contribution in [2.24, 2.45) is 5.92 Å². The van der Waals surface area contributed by atoms with Gasteiger partial charge in [-0.2, -0.15) is 0 Å². The predicted molar refractivity (Wildman–Crippen MR) is 98.0 cm³/mol. The molecule has 2 amide bonds. The molecule has 2 N–H and O–H groups in total. The molecular weight excluding hydrogens is 316 g/mol. The van der Waals surface area contributed by atoms with Gasteiger partial charge in [0.1, 0.15) is 12.6 Å². The van der Waals surface area contributed by atoms with Gasteiger partial charge in [-0.25, -0.2) is 4.79 Å².